The highest BCUT2D eigenvalue weighted by Crippen LogP contribution is 2.23. The second kappa shape index (κ2) is 10.6. The topological polar surface area (TPSA) is 92.3 Å². The van der Waals surface area contributed by atoms with Crippen molar-refractivity contribution in [2.75, 3.05) is 5.32 Å². The minimum absolute atomic E-state index is 0.0969. The second-order valence-electron chi connectivity index (χ2n) is 7.87. The summed E-state index contributed by atoms with van der Waals surface area (Å²) in [7, 11) is 0. The molecule has 8 heteroatoms. The molecule has 170 valence electrons. The van der Waals surface area contributed by atoms with Crippen molar-refractivity contribution in [3.63, 3.8) is 0 Å². The first-order valence-corrected chi connectivity index (χ1v) is 10.9. The SMILES string of the molecule is O=C(NCc1cccnc1Oc1cccc(F)c1)Nc1ccc(C(=O)NC2CCCC2)cc1. The van der Waals surface area contributed by atoms with Crippen molar-refractivity contribution >= 4 is 17.6 Å². The summed E-state index contributed by atoms with van der Waals surface area (Å²) in [6.07, 6.45) is 5.92. The molecule has 7 nitrogen and oxygen atoms in total. The molecule has 33 heavy (non-hydrogen) atoms. The Labute approximate surface area is 191 Å². The van der Waals surface area contributed by atoms with Gasteiger partial charge in [0.25, 0.3) is 5.91 Å². The van der Waals surface area contributed by atoms with Gasteiger partial charge in [-0.3, -0.25) is 4.79 Å². The molecule has 3 aromatic rings. The number of rotatable bonds is 7. The van der Waals surface area contributed by atoms with E-state index in [1.165, 1.54) is 12.1 Å². The number of anilines is 1. The molecule has 0 bridgehead atoms. The van der Waals surface area contributed by atoms with E-state index in [1.54, 1.807) is 54.7 Å². The number of benzene rings is 2. The van der Waals surface area contributed by atoms with Crippen molar-refractivity contribution in [3.8, 4) is 11.6 Å². The van der Waals surface area contributed by atoms with Crippen LogP contribution in [0.15, 0.2) is 66.9 Å². The van der Waals surface area contributed by atoms with Crippen molar-refractivity contribution in [2.45, 2.75) is 38.3 Å². The number of hydrogen-bond donors (Lipinski definition) is 3. The molecule has 1 aliphatic rings. The van der Waals surface area contributed by atoms with Gasteiger partial charge in [0.15, 0.2) is 0 Å². The number of amides is 3. The van der Waals surface area contributed by atoms with Crippen LogP contribution in [0.4, 0.5) is 14.9 Å². The monoisotopic (exact) mass is 448 g/mol. The van der Waals surface area contributed by atoms with E-state index in [0.29, 0.717) is 22.6 Å². The standard InChI is InChI=1S/C25H25FN4O3/c26-19-6-3-9-22(15-19)33-24-18(5-4-14-27-24)16-28-25(32)30-21-12-10-17(11-13-21)23(31)29-20-7-1-2-8-20/h3-6,9-15,20H,1-2,7-8,16H2,(H,29,31)(H2,28,30,32). The van der Waals surface area contributed by atoms with Crippen LogP contribution in [0.1, 0.15) is 41.6 Å². The Kier molecular flexibility index (Phi) is 7.14. The minimum Gasteiger partial charge on any atom is -0.439 e. The predicted molar refractivity (Wildman–Crippen MR) is 123 cm³/mol. The Morgan fingerprint density at radius 2 is 1.82 bits per heavy atom. The normalized spacial score (nSPS) is 13.4. The highest BCUT2D eigenvalue weighted by molar-refractivity contribution is 5.95. The average molecular weight is 448 g/mol. The molecule has 3 amide bonds. The van der Waals surface area contributed by atoms with E-state index in [4.69, 9.17) is 4.74 Å². The highest BCUT2D eigenvalue weighted by Gasteiger charge is 2.18. The number of hydrogen-bond acceptors (Lipinski definition) is 4. The first kappa shape index (κ1) is 22.3. The average Bonchev–Trinajstić information content (AvgIpc) is 3.32. The van der Waals surface area contributed by atoms with Crippen LogP contribution in [0.2, 0.25) is 0 Å². The van der Waals surface area contributed by atoms with Crippen LogP contribution in [0.25, 0.3) is 0 Å². The maximum absolute atomic E-state index is 13.4. The van der Waals surface area contributed by atoms with E-state index in [9.17, 15) is 14.0 Å². The summed E-state index contributed by atoms with van der Waals surface area (Å²) in [5.74, 6) is 0.0855. The molecule has 1 heterocycles. The lowest BCUT2D eigenvalue weighted by atomic mass is 10.1. The summed E-state index contributed by atoms with van der Waals surface area (Å²) < 4.78 is 19.1. The third kappa shape index (κ3) is 6.29. The maximum atomic E-state index is 13.4. The predicted octanol–water partition coefficient (Wildman–Crippen LogP) is 5.01. The Bertz CT molecular complexity index is 1110. The zero-order valence-electron chi connectivity index (χ0n) is 18.0. The van der Waals surface area contributed by atoms with Gasteiger partial charge < -0.3 is 20.7 Å². The second-order valence-corrected chi connectivity index (χ2v) is 7.87. The number of nitrogens with one attached hydrogen (secondary N) is 3. The van der Waals surface area contributed by atoms with E-state index >= 15 is 0 Å². The van der Waals surface area contributed by atoms with Crippen LogP contribution in [0.3, 0.4) is 0 Å². The summed E-state index contributed by atoms with van der Waals surface area (Å²) in [5, 5.41) is 8.53. The Balaban J connectivity index is 1.30. The Hall–Kier alpha value is -3.94. The number of carbonyl (C=O) groups is 2. The van der Waals surface area contributed by atoms with Gasteiger partial charge in [0.1, 0.15) is 11.6 Å². The Morgan fingerprint density at radius 3 is 2.58 bits per heavy atom. The molecule has 1 aromatic heterocycles. The molecular weight excluding hydrogens is 423 g/mol. The highest BCUT2D eigenvalue weighted by atomic mass is 19.1. The van der Waals surface area contributed by atoms with Gasteiger partial charge in [-0.2, -0.15) is 0 Å². The number of nitrogens with zero attached hydrogens (tertiary/aromatic N) is 1. The van der Waals surface area contributed by atoms with Gasteiger partial charge >= 0.3 is 6.03 Å². The quantitative estimate of drug-likeness (QED) is 0.474. The van der Waals surface area contributed by atoms with Crippen LogP contribution < -0.4 is 20.7 Å². The maximum Gasteiger partial charge on any atom is 0.319 e. The first-order valence-electron chi connectivity index (χ1n) is 10.9. The van der Waals surface area contributed by atoms with Gasteiger partial charge in [-0.15, -0.1) is 0 Å². The smallest absolute Gasteiger partial charge is 0.319 e. The summed E-state index contributed by atoms with van der Waals surface area (Å²) in [4.78, 5) is 28.8. The van der Waals surface area contributed by atoms with E-state index in [-0.39, 0.29) is 24.4 Å². The number of carbonyl (C=O) groups excluding carboxylic acids is 2. The molecule has 3 N–H and O–H groups in total. The van der Waals surface area contributed by atoms with Crippen molar-refractivity contribution in [1.29, 1.82) is 0 Å². The largest absolute Gasteiger partial charge is 0.439 e. The lowest BCUT2D eigenvalue weighted by Gasteiger charge is -2.13. The van der Waals surface area contributed by atoms with Crippen molar-refractivity contribution in [3.05, 3.63) is 83.8 Å². The van der Waals surface area contributed by atoms with E-state index in [2.05, 4.69) is 20.9 Å². The number of ether oxygens (including phenoxy) is 1. The molecule has 0 unspecified atom stereocenters. The number of aromatic nitrogens is 1. The summed E-state index contributed by atoms with van der Waals surface area (Å²) >= 11 is 0. The molecule has 0 aliphatic heterocycles. The van der Waals surface area contributed by atoms with Crippen molar-refractivity contribution in [1.82, 2.24) is 15.6 Å². The molecule has 0 spiro atoms. The fraction of sp³-hybridized carbons (Fsp3) is 0.240. The number of urea groups is 1. The first-order chi connectivity index (χ1) is 16.1. The van der Waals surface area contributed by atoms with Gasteiger partial charge in [-0.1, -0.05) is 25.0 Å². The van der Waals surface area contributed by atoms with Crippen LogP contribution >= 0.6 is 0 Å². The molecule has 1 aliphatic carbocycles. The van der Waals surface area contributed by atoms with Gasteiger partial charge in [0.2, 0.25) is 5.88 Å². The van der Waals surface area contributed by atoms with Gasteiger partial charge in [0.05, 0.1) is 0 Å². The molecule has 0 radical (unpaired) electrons. The minimum atomic E-state index is -0.418. The van der Waals surface area contributed by atoms with Crippen molar-refractivity contribution in [2.24, 2.45) is 0 Å². The molecule has 4 rings (SSSR count). The number of halogens is 1. The van der Waals surface area contributed by atoms with Crippen LogP contribution in [-0.4, -0.2) is 23.0 Å². The van der Waals surface area contributed by atoms with E-state index < -0.39 is 11.8 Å². The van der Waals surface area contributed by atoms with E-state index in [0.717, 1.165) is 25.7 Å². The zero-order chi connectivity index (χ0) is 23.0. The van der Waals surface area contributed by atoms with Crippen LogP contribution in [0, 0.1) is 5.82 Å². The summed E-state index contributed by atoms with van der Waals surface area (Å²) in [6.45, 7) is 0.159. The fourth-order valence-electron chi connectivity index (χ4n) is 3.69. The molecule has 1 saturated carbocycles. The van der Waals surface area contributed by atoms with Crippen LogP contribution in [-0.2, 0) is 6.54 Å². The molecule has 2 aromatic carbocycles. The van der Waals surface area contributed by atoms with Gasteiger partial charge in [0, 0.05) is 41.7 Å². The Morgan fingerprint density at radius 1 is 1.03 bits per heavy atom. The lowest BCUT2D eigenvalue weighted by molar-refractivity contribution is 0.0938. The zero-order valence-corrected chi connectivity index (χ0v) is 18.0. The van der Waals surface area contributed by atoms with Gasteiger partial charge in [-0.25, -0.2) is 14.2 Å². The molecule has 0 atom stereocenters. The van der Waals surface area contributed by atoms with Crippen LogP contribution in [0.5, 0.6) is 11.6 Å². The fourth-order valence-corrected chi connectivity index (χ4v) is 3.69. The molecule has 0 saturated heterocycles. The third-order valence-electron chi connectivity index (χ3n) is 5.40. The molecule has 1 fully saturated rings. The third-order valence-corrected chi connectivity index (χ3v) is 5.40. The molecular formula is C25H25FN4O3. The summed E-state index contributed by atoms with van der Waals surface area (Å²) in [5.41, 5.74) is 1.76. The lowest BCUT2D eigenvalue weighted by Crippen LogP contribution is -2.32. The van der Waals surface area contributed by atoms with E-state index in [1.807, 2.05) is 0 Å². The summed E-state index contributed by atoms with van der Waals surface area (Å²) in [6, 6.07) is 15.8. The van der Waals surface area contributed by atoms with Crippen molar-refractivity contribution < 1.29 is 18.7 Å². The number of pyridine rings is 1. The van der Waals surface area contributed by atoms with Gasteiger partial charge in [-0.05, 0) is 55.3 Å².